The summed E-state index contributed by atoms with van der Waals surface area (Å²) in [4.78, 5) is 23.8. The second-order valence-corrected chi connectivity index (χ2v) is 7.44. The summed E-state index contributed by atoms with van der Waals surface area (Å²) in [6.45, 7) is 3.88. The molecule has 166 valence electrons. The molecule has 3 aromatic carbocycles. The fourth-order valence-electron chi connectivity index (χ4n) is 3.01. The lowest BCUT2D eigenvalue weighted by atomic mass is 9.99. The summed E-state index contributed by atoms with van der Waals surface area (Å²) >= 11 is 0. The zero-order chi connectivity index (χ0) is 22.8. The number of hydrogen-bond acceptors (Lipinski definition) is 4. The number of hydrogen-bond donors (Lipinski definition) is 2. The molecule has 0 heterocycles. The SMILES string of the molecule is CCC(C)c1ccc(OCC(=O)NNC(=O)COc2ccc(-c3ccccc3)cc2)cc1. The third-order valence-electron chi connectivity index (χ3n) is 5.10. The minimum atomic E-state index is -0.469. The van der Waals surface area contributed by atoms with E-state index in [0.29, 0.717) is 17.4 Å². The van der Waals surface area contributed by atoms with Crippen LogP contribution in [0.5, 0.6) is 11.5 Å². The highest BCUT2D eigenvalue weighted by Crippen LogP contribution is 2.22. The molecule has 2 N–H and O–H groups in total. The molecular weight excluding hydrogens is 404 g/mol. The molecule has 1 unspecified atom stereocenters. The highest BCUT2D eigenvalue weighted by molar-refractivity contribution is 5.83. The molecule has 3 rings (SSSR count). The highest BCUT2D eigenvalue weighted by Gasteiger charge is 2.08. The van der Waals surface area contributed by atoms with E-state index >= 15 is 0 Å². The van der Waals surface area contributed by atoms with Crippen molar-refractivity contribution in [3.05, 3.63) is 84.4 Å². The predicted molar refractivity (Wildman–Crippen MR) is 124 cm³/mol. The Morgan fingerprint density at radius 3 is 1.69 bits per heavy atom. The molecule has 0 aliphatic rings. The van der Waals surface area contributed by atoms with Gasteiger partial charge in [0, 0.05) is 0 Å². The molecular formula is C26H28N2O4. The van der Waals surface area contributed by atoms with Crippen LogP contribution in [0.3, 0.4) is 0 Å². The maximum Gasteiger partial charge on any atom is 0.276 e. The number of hydrazine groups is 1. The van der Waals surface area contributed by atoms with Crippen LogP contribution in [0.1, 0.15) is 31.7 Å². The third-order valence-corrected chi connectivity index (χ3v) is 5.10. The molecule has 0 bridgehead atoms. The summed E-state index contributed by atoms with van der Waals surface area (Å²) in [5.74, 6) is 0.711. The van der Waals surface area contributed by atoms with Crippen LogP contribution in [0.2, 0.25) is 0 Å². The van der Waals surface area contributed by atoms with Crippen LogP contribution in [0.25, 0.3) is 11.1 Å². The van der Waals surface area contributed by atoms with Gasteiger partial charge >= 0.3 is 0 Å². The van der Waals surface area contributed by atoms with Crippen LogP contribution in [-0.2, 0) is 9.59 Å². The van der Waals surface area contributed by atoms with Crippen LogP contribution in [0.15, 0.2) is 78.9 Å². The maximum atomic E-state index is 11.9. The summed E-state index contributed by atoms with van der Waals surface area (Å²) in [5, 5.41) is 0. The Labute approximate surface area is 188 Å². The Kier molecular flexibility index (Phi) is 8.26. The van der Waals surface area contributed by atoms with Crippen molar-refractivity contribution in [2.75, 3.05) is 13.2 Å². The lowest BCUT2D eigenvalue weighted by Crippen LogP contribution is -2.45. The van der Waals surface area contributed by atoms with E-state index in [4.69, 9.17) is 9.47 Å². The molecule has 6 nitrogen and oxygen atoms in total. The first-order chi connectivity index (χ1) is 15.5. The average molecular weight is 433 g/mol. The lowest BCUT2D eigenvalue weighted by molar-refractivity contribution is -0.131. The first-order valence-electron chi connectivity index (χ1n) is 10.6. The Hall–Kier alpha value is -3.80. The molecule has 1 atom stereocenters. The van der Waals surface area contributed by atoms with Gasteiger partial charge in [-0.05, 0) is 53.3 Å². The Bertz CT molecular complexity index is 1000. The number of rotatable bonds is 9. The molecule has 0 aliphatic carbocycles. The first-order valence-corrected chi connectivity index (χ1v) is 10.6. The van der Waals surface area contributed by atoms with Gasteiger partial charge in [-0.1, -0.05) is 68.4 Å². The smallest absolute Gasteiger partial charge is 0.276 e. The van der Waals surface area contributed by atoms with Crippen molar-refractivity contribution in [1.29, 1.82) is 0 Å². The normalized spacial score (nSPS) is 11.3. The van der Waals surface area contributed by atoms with Gasteiger partial charge in [-0.25, -0.2) is 0 Å². The summed E-state index contributed by atoms with van der Waals surface area (Å²) in [7, 11) is 0. The first kappa shape index (κ1) is 22.9. The second-order valence-electron chi connectivity index (χ2n) is 7.44. The Morgan fingerprint density at radius 2 is 1.19 bits per heavy atom. The van der Waals surface area contributed by atoms with Gasteiger partial charge in [0.25, 0.3) is 11.8 Å². The van der Waals surface area contributed by atoms with Gasteiger partial charge in [0.15, 0.2) is 13.2 Å². The van der Waals surface area contributed by atoms with Gasteiger partial charge in [-0.2, -0.15) is 0 Å². The number of benzene rings is 3. The second kappa shape index (κ2) is 11.6. The van der Waals surface area contributed by atoms with E-state index in [1.54, 1.807) is 12.1 Å². The third kappa shape index (κ3) is 6.87. The minimum Gasteiger partial charge on any atom is -0.484 e. The van der Waals surface area contributed by atoms with Gasteiger partial charge in [0.05, 0.1) is 0 Å². The molecule has 0 aliphatic heterocycles. The summed E-state index contributed by atoms with van der Waals surface area (Å²) in [6.07, 6.45) is 1.06. The Morgan fingerprint density at radius 1 is 0.719 bits per heavy atom. The van der Waals surface area contributed by atoms with E-state index in [0.717, 1.165) is 17.5 Å². The van der Waals surface area contributed by atoms with Crippen LogP contribution in [-0.4, -0.2) is 25.0 Å². The van der Waals surface area contributed by atoms with Gasteiger partial charge in [0.1, 0.15) is 11.5 Å². The topological polar surface area (TPSA) is 76.7 Å². The quantitative estimate of drug-likeness (QED) is 0.489. The summed E-state index contributed by atoms with van der Waals surface area (Å²) in [6, 6.07) is 25.1. The van der Waals surface area contributed by atoms with Crippen LogP contribution >= 0.6 is 0 Å². The largest absolute Gasteiger partial charge is 0.484 e. The van der Waals surface area contributed by atoms with Crippen LogP contribution < -0.4 is 20.3 Å². The van der Waals surface area contributed by atoms with Crippen LogP contribution in [0, 0.1) is 0 Å². The maximum absolute atomic E-state index is 11.9. The Balaban J connectivity index is 1.36. The number of nitrogens with one attached hydrogen (secondary N) is 2. The molecule has 0 saturated heterocycles. The summed E-state index contributed by atoms with van der Waals surface area (Å²) < 4.78 is 10.9. The van der Waals surface area contributed by atoms with E-state index < -0.39 is 11.8 Å². The summed E-state index contributed by atoms with van der Waals surface area (Å²) in [5.41, 5.74) is 8.02. The molecule has 2 amide bonds. The monoisotopic (exact) mass is 432 g/mol. The number of carbonyl (C=O) groups excluding carboxylic acids is 2. The van der Waals surface area contributed by atoms with E-state index in [1.807, 2.05) is 66.7 Å². The van der Waals surface area contributed by atoms with Crippen molar-refractivity contribution in [2.24, 2.45) is 0 Å². The van der Waals surface area contributed by atoms with Crippen molar-refractivity contribution in [3.63, 3.8) is 0 Å². The van der Waals surface area contributed by atoms with Gasteiger partial charge in [0.2, 0.25) is 0 Å². The average Bonchev–Trinajstić information content (AvgIpc) is 2.85. The fraction of sp³-hybridized carbons (Fsp3) is 0.231. The van der Waals surface area contributed by atoms with Crippen molar-refractivity contribution in [1.82, 2.24) is 10.9 Å². The number of carbonyl (C=O) groups is 2. The molecule has 0 spiro atoms. The van der Waals surface area contributed by atoms with Gasteiger partial charge in [-0.15, -0.1) is 0 Å². The molecule has 0 saturated carbocycles. The van der Waals surface area contributed by atoms with E-state index in [9.17, 15) is 9.59 Å². The minimum absolute atomic E-state index is 0.204. The predicted octanol–water partition coefficient (Wildman–Crippen LogP) is 4.47. The molecule has 0 fully saturated rings. The van der Waals surface area contributed by atoms with Gasteiger partial charge < -0.3 is 9.47 Å². The van der Waals surface area contributed by atoms with E-state index in [1.165, 1.54) is 5.56 Å². The van der Waals surface area contributed by atoms with Crippen molar-refractivity contribution >= 4 is 11.8 Å². The van der Waals surface area contributed by atoms with Crippen molar-refractivity contribution in [2.45, 2.75) is 26.2 Å². The standard InChI is InChI=1S/C26H28N2O4/c1-3-19(2)20-9-13-23(14-10-20)31-17-25(29)27-28-26(30)18-32-24-15-11-22(12-16-24)21-7-5-4-6-8-21/h4-16,19H,3,17-18H2,1-2H3,(H,27,29)(H,28,30). The van der Waals surface area contributed by atoms with E-state index in [2.05, 4.69) is 24.7 Å². The number of ether oxygens (including phenoxy) is 2. The zero-order valence-corrected chi connectivity index (χ0v) is 18.3. The van der Waals surface area contributed by atoms with E-state index in [-0.39, 0.29) is 13.2 Å². The van der Waals surface area contributed by atoms with Crippen molar-refractivity contribution < 1.29 is 19.1 Å². The van der Waals surface area contributed by atoms with Crippen LogP contribution in [0.4, 0.5) is 0 Å². The molecule has 32 heavy (non-hydrogen) atoms. The zero-order valence-electron chi connectivity index (χ0n) is 18.3. The highest BCUT2D eigenvalue weighted by atomic mass is 16.5. The molecule has 0 radical (unpaired) electrons. The van der Waals surface area contributed by atoms with Gasteiger partial charge in [-0.3, -0.25) is 20.4 Å². The molecule has 3 aromatic rings. The van der Waals surface area contributed by atoms with Crippen molar-refractivity contribution in [3.8, 4) is 22.6 Å². The molecule has 6 heteroatoms. The lowest BCUT2D eigenvalue weighted by Gasteiger charge is -2.11. The molecule has 0 aromatic heterocycles. The number of amides is 2. The fourth-order valence-corrected chi connectivity index (χ4v) is 3.01.